The lowest BCUT2D eigenvalue weighted by Crippen LogP contribution is -2.24. The van der Waals surface area contributed by atoms with E-state index in [1.54, 1.807) is 30.6 Å². The van der Waals surface area contributed by atoms with Crippen molar-refractivity contribution in [3.63, 3.8) is 0 Å². The van der Waals surface area contributed by atoms with Crippen molar-refractivity contribution in [3.05, 3.63) is 57.2 Å². The second kappa shape index (κ2) is 7.90. The van der Waals surface area contributed by atoms with Gasteiger partial charge in [-0.3, -0.25) is 9.78 Å². The molecule has 5 nitrogen and oxygen atoms in total. The summed E-state index contributed by atoms with van der Waals surface area (Å²) in [5, 5.41) is 3.84. The van der Waals surface area contributed by atoms with E-state index >= 15 is 0 Å². The molecule has 0 spiro atoms. The van der Waals surface area contributed by atoms with Gasteiger partial charge < -0.3 is 4.74 Å². The lowest BCUT2D eigenvalue weighted by Gasteiger charge is -2.07. The maximum atomic E-state index is 11.6. The molecule has 0 aliphatic rings. The van der Waals surface area contributed by atoms with Crippen molar-refractivity contribution in [1.82, 2.24) is 10.4 Å². The van der Waals surface area contributed by atoms with Crippen LogP contribution in [0, 0.1) is 0 Å². The molecule has 1 aromatic carbocycles. The number of amides is 1. The number of benzene rings is 1. The molecular formula is C14H11Br2N3O2. The van der Waals surface area contributed by atoms with E-state index in [4.69, 9.17) is 4.74 Å². The molecule has 7 heteroatoms. The van der Waals surface area contributed by atoms with Gasteiger partial charge >= 0.3 is 0 Å². The third-order valence-corrected chi connectivity index (χ3v) is 3.47. The van der Waals surface area contributed by atoms with Crippen molar-refractivity contribution in [3.8, 4) is 5.75 Å². The number of rotatable bonds is 5. The Morgan fingerprint density at radius 2 is 2.05 bits per heavy atom. The van der Waals surface area contributed by atoms with Gasteiger partial charge in [0, 0.05) is 16.9 Å². The van der Waals surface area contributed by atoms with E-state index in [-0.39, 0.29) is 12.5 Å². The second-order valence-corrected chi connectivity index (χ2v) is 5.71. The highest BCUT2D eigenvalue weighted by molar-refractivity contribution is 9.11. The first-order valence-electron chi connectivity index (χ1n) is 5.95. The molecule has 0 saturated carbocycles. The van der Waals surface area contributed by atoms with Gasteiger partial charge in [0.15, 0.2) is 6.61 Å². The van der Waals surface area contributed by atoms with Crippen LogP contribution in [0.2, 0.25) is 0 Å². The summed E-state index contributed by atoms with van der Waals surface area (Å²) in [7, 11) is 0. The zero-order valence-corrected chi connectivity index (χ0v) is 14.0. The van der Waals surface area contributed by atoms with Crippen molar-refractivity contribution >= 4 is 44.0 Å². The molecule has 0 bridgehead atoms. The first-order chi connectivity index (χ1) is 10.1. The molecule has 108 valence electrons. The highest BCUT2D eigenvalue weighted by Crippen LogP contribution is 2.27. The number of carbonyl (C=O) groups is 1. The molecule has 1 heterocycles. The summed E-state index contributed by atoms with van der Waals surface area (Å²) < 4.78 is 7.09. The fraction of sp³-hybridized carbons (Fsp3) is 0.0714. The van der Waals surface area contributed by atoms with Gasteiger partial charge in [0.1, 0.15) is 5.75 Å². The van der Waals surface area contributed by atoms with E-state index in [1.165, 1.54) is 6.21 Å². The van der Waals surface area contributed by atoms with Gasteiger partial charge in [-0.2, -0.15) is 5.10 Å². The van der Waals surface area contributed by atoms with Gasteiger partial charge in [-0.25, -0.2) is 5.43 Å². The molecule has 0 aliphatic carbocycles. The number of hydrazone groups is 1. The number of pyridine rings is 1. The number of ether oxygens (including phenoxy) is 1. The summed E-state index contributed by atoms with van der Waals surface area (Å²) in [6.45, 7) is -0.117. The maximum absolute atomic E-state index is 11.6. The van der Waals surface area contributed by atoms with Crippen molar-refractivity contribution in [1.29, 1.82) is 0 Å². The molecule has 2 aromatic rings. The number of nitrogens with one attached hydrogen (secondary N) is 1. The maximum Gasteiger partial charge on any atom is 0.277 e. The molecular weight excluding hydrogens is 402 g/mol. The van der Waals surface area contributed by atoms with E-state index in [2.05, 4.69) is 47.4 Å². The van der Waals surface area contributed by atoms with E-state index in [0.29, 0.717) is 5.75 Å². The van der Waals surface area contributed by atoms with Gasteiger partial charge in [0.25, 0.3) is 5.91 Å². The number of nitrogens with zero attached hydrogens (tertiary/aromatic N) is 2. The Balaban J connectivity index is 1.81. The summed E-state index contributed by atoms with van der Waals surface area (Å²) in [4.78, 5) is 15.5. The Morgan fingerprint density at radius 3 is 2.76 bits per heavy atom. The van der Waals surface area contributed by atoms with Crippen LogP contribution in [0.1, 0.15) is 5.56 Å². The summed E-state index contributed by atoms with van der Waals surface area (Å²) in [6.07, 6.45) is 4.84. The normalized spacial score (nSPS) is 10.6. The predicted molar refractivity (Wildman–Crippen MR) is 87.3 cm³/mol. The third-order valence-electron chi connectivity index (χ3n) is 2.36. The van der Waals surface area contributed by atoms with Crippen LogP contribution in [0.3, 0.4) is 0 Å². The molecule has 0 fully saturated rings. The predicted octanol–water partition coefficient (Wildman–Crippen LogP) is 3.14. The lowest BCUT2D eigenvalue weighted by atomic mass is 10.3. The minimum absolute atomic E-state index is 0.117. The number of hydrogen-bond acceptors (Lipinski definition) is 4. The monoisotopic (exact) mass is 411 g/mol. The smallest absolute Gasteiger partial charge is 0.277 e. The zero-order chi connectivity index (χ0) is 15.1. The number of aromatic nitrogens is 1. The Labute approximate surface area is 138 Å². The van der Waals surface area contributed by atoms with Crippen molar-refractivity contribution < 1.29 is 9.53 Å². The van der Waals surface area contributed by atoms with Crippen LogP contribution >= 0.6 is 31.9 Å². The summed E-state index contributed by atoms with van der Waals surface area (Å²) in [6, 6.07) is 9.01. The average molecular weight is 413 g/mol. The fourth-order valence-corrected chi connectivity index (χ4v) is 2.56. The van der Waals surface area contributed by atoms with Gasteiger partial charge in [0.2, 0.25) is 0 Å². The Hall–Kier alpha value is -1.73. The average Bonchev–Trinajstić information content (AvgIpc) is 2.47. The second-order valence-electron chi connectivity index (χ2n) is 3.94. The zero-order valence-electron chi connectivity index (χ0n) is 10.8. The molecule has 21 heavy (non-hydrogen) atoms. The third kappa shape index (κ3) is 5.28. The van der Waals surface area contributed by atoms with Crippen molar-refractivity contribution in [2.75, 3.05) is 6.61 Å². The largest absolute Gasteiger partial charge is 0.483 e. The van der Waals surface area contributed by atoms with E-state index < -0.39 is 0 Å². The molecule has 0 aliphatic heterocycles. The standard InChI is InChI=1S/C14H11Br2N3O2/c15-11-1-2-13(12(16)7-11)21-9-14(20)19-18-8-10-3-5-17-6-4-10/h1-8H,9H2,(H,19,20)/b18-8+. The molecule has 0 radical (unpaired) electrons. The highest BCUT2D eigenvalue weighted by atomic mass is 79.9. The Morgan fingerprint density at radius 1 is 1.29 bits per heavy atom. The van der Waals surface area contributed by atoms with E-state index in [0.717, 1.165) is 14.5 Å². The van der Waals surface area contributed by atoms with Crippen LogP contribution in [0.15, 0.2) is 56.8 Å². The molecule has 1 aromatic heterocycles. The fourth-order valence-electron chi connectivity index (χ4n) is 1.40. The molecule has 0 unspecified atom stereocenters. The van der Waals surface area contributed by atoms with Crippen LogP contribution in [-0.4, -0.2) is 23.7 Å². The Kier molecular flexibility index (Phi) is 5.89. The highest BCUT2D eigenvalue weighted by Gasteiger charge is 2.05. The van der Waals surface area contributed by atoms with Gasteiger partial charge in [-0.15, -0.1) is 0 Å². The van der Waals surface area contributed by atoms with Crippen LogP contribution in [0.25, 0.3) is 0 Å². The number of hydrogen-bond donors (Lipinski definition) is 1. The summed E-state index contributed by atoms with van der Waals surface area (Å²) in [5.74, 6) is 0.251. The first kappa shape index (κ1) is 15.7. The first-order valence-corrected chi connectivity index (χ1v) is 7.53. The molecule has 0 saturated heterocycles. The molecule has 1 N–H and O–H groups in total. The minimum atomic E-state index is -0.338. The number of halogens is 2. The van der Waals surface area contributed by atoms with Crippen molar-refractivity contribution in [2.45, 2.75) is 0 Å². The Bertz CT molecular complexity index is 648. The van der Waals surface area contributed by atoms with Crippen molar-refractivity contribution in [2.24, 2.45) is 5.10 Å². The quantitative estimate of drug-likeness (QED) is 0.606. The van der Waals surface area contributed by atoms with Crippen LogP contribution in [0.4, 0.5) is 0 Å². The minimum Gasteiger partial charge on any atom is -0.483 e. The van der Waals surface area contributed by atoms with E-state index in [1.807, 2.05) is 12.1 Å². The van der Waals surface area contributed by atoms with Gasteiger partial charge in [-0.1, -0.05) is 15.9 Å². The molecule has 1 amide bonds. The molecule has 0 atom stereocenters. The number of carbonyl (C=O) groups excluding carboxylic acids is 1. The van der Waals surface area contributed by atoms with E-state index in [9.17, 15) is 4.79 Å². The van der Waals surface area contributed by atoms with Crippen LogP contribution in [-0.2, 0) is 4.79 Å². The summed E-state index contributed by atoms with van der Waals surface area (Å²) >= 11 is 6.70. The lowest BCUT2D eigenvalue weighted by molar-refractivity contribution is -0.123. The summed E-state index contributed by atoms with van der Waals surface area (Å²) in [5.41, 5.74) is 3.24. The SMILES string of the molecule is O=C(COc1ccc(Br)cc1Br)N/N=C/c1ccncc1. The van der Waals surface area contributed by atoms with Crippen LogP contribution < -0.4 is 10.2 Å². The van der Waals surface area contributed by atoms with Gasteiger partial charge in [0.05, 0.1) is 10.7 Å². The topological polar surface area (TPSA) is 63.6 Å². The molecule has 2 rings (SSSR count). The van der Waals surface area contributed by atoms with Crippen LogP contribution in [0.5, 0.6) is 5.75 Å². The van der Waals surface area contributed by atoms with Gasteiger partial charge in [-0.05, 0) is 51.8 Å².